The fourth-order valence-electron chi connectivity index (χ4n) is 2.03. The van der Waals surface area contributed by atoms with Crippen LogP contribution in [0.15, 0.2) is 53.4 Å². The second-order valence-corrected chi connectivity index (χ2v) is 8.56. The summed E-state index contributed by atoms with van der Waals surface area (Å²) in [4.78, 5) is 12.1. The van der Waals surface area contributed by atoms with E-state index in [1.807, 2.05) is 24.3 Å². The van der Waals surface area contributed by atoms with Gasteiger partial charge in [-0.25, -0.2) is 13.1 Å². The zero-order valence-electron chi connectivity index (χ0n) is 13.7. The second-order valence-electron chi connectivity index (χ2n) is 5.25. The summed E-state index contributed by atoms with van der Waals surface area (Å²) in [7, 11) is -2.12. The van der Waals surface area contributed by atoms with Crippen LogP contribution in [0.4, 0.5) is 0 Å². The van der Waals surface area contributed by atoms with E-state index >= 15 is 0 Å². The maximum Gasteiger partial charge on any atom is 0.240 e. The van der Waals surface area contributed by atoms with Crippen molar-refractivity contribution in [1.29, 1.82) is 0 Å². The van der Waals surface area contributed by atoms with E-state index in [-0.39, 0.29) is 17.3 Å². The van der Waals surface area contributed by atoms with Gasteiger partial charge in [0.2, 0.25) is 15.9 Å². The van der Waals surface area contributed by atoms with Gasteiger partial charge in [0.15, 0.2) is 0 Å². The second kappa shape index (κ2) is 9.24. The summed E-state index contributed by atoms with van der Waals surface area (Å²) in [5.41, 5.74) is 1.83. The molecule has 0 spiro atoms. The van der Waals surface area contributed by atoms with Gasteiger partial charge in [-0.15, -0.1) is 11.8 Å². The first-order valence-corrected chi connectivity index (χ1v) is 10.5. The highest BCUT2D eigenvalue weighted by molar-refractivity contribution is 7.99. The van der Waals surface area contributed by atoms with Gasteiger partial charge in [0.25, 0.3) is 0 Å². The zero-order valence-corrected chi connectivity index (χ0v) is 16.0. The van der Waals surface area contributed by atoms with E-state index in [0.717, 1.165) is 16.9 Å². The number of thioether (sulfide) groups is 1. The largest absolute Gasteiger partial charge is 0.351 e. The predicted octanol–water partition coefficient (Wildman–Crippen LogP) is 2.80. The van der Waals surface area contributed by atoms with Crippen LogP contribution in [0.25, 0.3) is 0 Å². The van der Waals surface area contributed by atoms with Crippen molar-refractivity contribution in [2.75, 3.05) is 12.8 Å². The number of hydrogen-bond donors (Lipinski definition) is 2. The summed E-state index contributed by atoms with van der Waals surface area (Å²) in [6.07, 6.45) is 0. The molecule has 0 radical (unpaired) electrons. The van der Waals surface area contributed by atoms with Crippen LogP contribution in [0.5, 0.6) is 0 Å². The lowest BCUT2D eigenvalue weighted by Gasteiger charge is -2.08. The molecular formula is C17H19ClN2O3S2. The molecule has 2 rings (SSSR count). The summed E-state index contributed by atoms with van der Waals surface area (Å²) in [6, 6.07) is 14.0. The molecule has 8 heteroatoms. The molecule has 0 heterocycles. The van der Waals surface area contributed by atoms with Gasteiger partial charge >= 0.3 is 0 Å². The molecule has 0 aliphatic heterocycles. The third-order valence-electron chi connectivity index (χ3n) is 3.38. The minimum absolute atomic E-state index is 0.0964. The average Bonchev–Trinajstić information content (AvgIpc) is 2.62. The van der Waals surface area contributed by atoms with E-state index < -0.39 is 10.0 Å². The van der Waals surface area contributed by atoms with E-state index in [1.54, 1.807) is 18.2 Å². The first-order chi connectivity index (χ1) is 11.9. The SMILES string of the molecule is CNS(=O)(=O)c1cccc(CNC(=O)CSCc2ccc(Cl)cc2)c1. The Kier molecular flexibility index (Phi) is 7.31. The van der Waals surface area contributed by atoms with Crippen LogP contribution in [0.2, 0.25) is 5.02 Å². The molecule has 1 amide bonds. The number of carbonyl (C=O) groups excluding carboxylic acids is 1. The molecule has 2 aromatic carbocycles. The Hall–Kier alpha value is -1.54. The number of sulfonamides is 1. The van der Waals surface area contributed by atoms with Crippen LogP contribution in [0.3, 0.4) is 0 Å². The number of amides is 1. The van der Waals surface area contributed by atoms with Crippen LogP contribution < -0.4 is 10.0 Å². The highest BCUT2D eigenvalue weighted by Crippen LogP contribution is 2.15. The summed E-state index contributed by atoms with van der Waals surface area (Å²) < 4.78 is 25.8. The lowest BCUT2D eigenvalue weighted by Crippen LogP contribution is -2.25. The molecule has 0 aromatic heterocycles. The molecule has 0 atom stereocenters. The van der Waals surface area contributed by atoms with Crippen molar-refractivity contribution in [1.82, 2.24) is 10.0 Å². The van der Waals surface area contributed by atoms with Gasteiger partial charge < -0.3 is 5.32 Å². The van der Waals surface area contributed by atoms with Crippen LogP contribution in [-0.2, 0) is 27.1 Å². The summed E-state index contributed by atoms with van der Waals surface area (Å²) in [5, 5.41) is 3.48. The van der Waals surface area contributed by atoms with E-state index in [2.05, 4.69) is 10.0 Å². The Balaban J connectivity index is 1.80. The van der Waals surface area contributed by atoms with Gasteiger partial charge in [-0.3, -0.25) is 4.79 Å². The van der Waals surface area contributed by atoms with Crippen molar-refractivity contribution < 1.29 is 13.2 Å². The van der Waals surface area contributed by atoms with Crippen molar-refractivity contribution in [3.63, 3.8) is 0 Å². The number of hydrogen-bond acceptors (Lipinski definition) is 4. The average molecular weight is 399 g/mol. The summed E-state index contributed by atoms with van der Waals surface area (Å²) in [5.74, 6) is 0.957. The third kappa shape index (κ3) is 6.36. The van der Waals surface area contributed by atoms with Crippen LogP contribution >= 0.6 is 23.4 Å². The predicted molar refractivity (Wildman–Crippen MR) is 102 cm³/mol. The topological polar surface area (TPSA) is 75.3 Å². The first-order valence-electron chi connectivity index (χ1n) is 7.52. The number of benzene rings is 2. The minimum Gasteiger partial charge on any atom is -0.351 e. The van der Waals surface area contributed by atoms with E-state index in [0.29, 0.717) is 10.8 Å². The molecular weight excluding hydrogens is 380 g/mol. The maximum atomic E-state index is 11.9. The first kappa shape index (κ1) is 19.8. The van der Waals surface area contributed by atoms with E-state index in [9.17, 15) is 13.2 Å². The molecule has 5 nitrogen and oxygen atoms in total. The lowest BCUT2D eigenvalue weighted by atomic mass is 10.2. The molecule has 0 aliphatic rings. The molecule has 0 aliphatic carbocycles. The Bertz CT molecular complexity index is 824. The molecule has 134 valence electrons. The molecule has 0 bridgehead atoms. The van der Waals surface area contributed by atoms with Gasteiger partial charge in [0.05, 0.1) is 10.6 Å². The van der Waals surface area contributed by atoms with Gasteiger partial charge in [-0.2, -0.15) is 0 Å². The molecule has 2 aromatic rings. The van der Waals surface area contributed by atoms with Crippen LogP contribution in [0.1, 0.15) is 11.1 Å². The van der Waals surface area contributed by atoms with Crippen molar-refractivity contribution in [2.24, 2.45) is 0 Å². The molecule has 0 unspecified atom stereocenters. The van der Waals surface area contributed by atoms with E-state index in [1.165, 1.54) is 24.9 Å². The third-order valence-corrected chi connectivity index (χ3v) is 6.05. The zero-order chi connectivity index (χ0) is 18.3. The normalized spacial score (nSPS) is 11.3. The standard InChI is InChI=1S/C17H19ClN2O3S2/c1-19-25(22,23)16-4-2-3-14(9-16)10-20-17(21)12-24-11-13-5-7-15(18)8-6-13/h2-9,19H,10-12H2,1H3,(H,20,21). The van der Waals surface area contributed by atoms with E-state index in [4.69, 9.17) is 11.6 Å². The molecule has 2 N–H and O–H groups in total. The Morgan fingerprint density at radius 2 is 1.84 bits per heavy atom. The molecule has 25 heavy (non-hydrogen) atoms. The Labute approximate surface area is 157 Å². The minimum atomic E-state index is -3.48. The van der Waals surface area contributed by atoms with Gasteiger partial charge in [-0.1, -0.05) is 35.9 Å². The van der Waals surface area contributed by atoms with Gasteiger partial charge in [0.1, 0.15) is 0 Å². The number of halogens is 1. The van der Waals surface area contributed by atoms with Crippen molar-refractivity contribution in [3.05, 3.63) is 64.7 Å². The lowest BCUT2D eigenvalue weighted by molar-refractivity contribution is -0.118. The summed E-state index contributed by atoms with van der Waals surface area (Å²) in [6.45, 7) is 0.285. The van der Waals surface area contributed by atoms with Gasteiger partial charge in [-0.05, 0) is 42.4 Å². The highest BCUT2D eigenvalue weighted by atomic mass is 35.5. The Morgan fingerprint density at radius 3 is 2.52 bits per heavy atom. The molecule has 0 saturated carbocycles. The number of carbonyl (C=O) groups is 1. The Morgan fingerprint density at radius 1 is 1.12 bits per heavy atom. The van der Waals surface area contributed by atoms with Crippen LogP contribution in [0, 0.1) is 0 Å². The van der Waals surface area contributed by atoms with Gasteiger partial charge in [0, 0.05) is 17.3 Å². The molecule has 0 saturated heterocycles. The number of rotatable bonds is 8. The quantitative estimate of drug-likeness (QED) is 0.717. The van der Waals surface area contributed by atoms with Crippen LogP contribution in [-0.4, -0.2) is 27.1 Å². The fourth-order valence-corrected chi connectivity index (χ4v) is 3.78. The fraction of sp³-hybridized carbons (Fsp3) is 0.235. The smallest absolute Gasteiger partial charge is 0.240 e. The highest BCUT2D eigenvalue weighted by Gasteiger charge is 2.11. The number of nitrogens with one attached hydrogen (secondary N) is 2. The monoisotopic (exact) mass is 398 g/mol. The maximum absolute atomic E-state index is 11.9. The van der Waals surface area contributed by atoms with Crippen molar-refractivity contribution >= 4 is 39.3 Å². The van der Waals surface area contributed by atoms with Crippen molar-refractivity contribution in [2.45, 2.75) is 17.2 Å². The summed E-state index contributed by atoms with van der Waals surface area (Å²) >= 11 is 7.34. The molecule has 0 fully saturated rings. The van der Waals surface area contributed by atoms with Crippen molar-refractivity contribution in [3.8, 4) is 0 Å².